The van der Waals surface area contributed by atoms with Crippen LogP contribution >= 0.6 is 0 Å². The van der Waals surface area contributed by atoms with E-state index in [1.165, 1.54) is 7.11 Å². The minimum atomic E-state index is -0.375. The van der Waals surface area contributed by atoms with E-state index in [4.69, 9.17) is 0 Å². The van der Waals surface area contributed by atoms with Gasteiger partial charge in [-0.3, -0.25) is 9.79 Å². The molecule has 3 rings (SSSR count). The van der Waals surface area contributed by atoms with E-state index < -0.39 is 0 Å². The Morgan fingerprint density at radius 3 is 2.33 bits per heavy atom. The molecule has 0 unspecified atom stereocenters. The van der Waals surface area contributed by atoms with Gasteiger partial charge in [-0.05, 0) is 48.0 Å². The molecule has 0 saturated carbocycles. The van der Waals surface area contributed by atoms with Crippen molar-refractivity contribution >= 4 is 29.5 Å². The van der Waals surface area contributed by atoms with Crippen molar-refractivity contribution in [2.24, 2.45) is 4.99 Å². The summed E-state index contributed by atoms with van der Waals surface area (Å²) in [7, 11) is 1.35. The van der Waals surface area contributed by atoms with Crippen LogP contribution in [0.1, 0.15) is 26.3 Å². The lowest BCUT2D eigenvalue weighted by Crippen LogP contribution is -2.11. The summed E-state index contributed by atoms with van der Waals surface area (Å²) in [6.07, 6.45) is 1.69. The highest BCUT2D eigenvalue weighted by atomic mass is 16.5. The Bertz CT molecular complexity index is 964. The van der Waals surface area contributed by atoms with Crippen molar-refractivity contribution in [3.05, 3.63) is 95.6 Å². The maximum absolute atomic E-state index is 12.2. The lowest BCUT2D eigenvalue weighted by Gasteiger charge is -2.06. The molecule has 0 heterocycles. The number of benzene rings is 3. The van der Waals surface area contributed by atoms with Crippen molar-refractivity contribution in [1.29, 1.82) is 0 Å². The number of amides is 1. The molecule has 5 heteroatoms. The van der Waals surface area contributed by atoms with E-state index in [0.29, 0.717) is 22.5 Å². The van der Waals surface area contributed by atoms with Gasteiger partial charge in [0, 0.05) is 17.5 Å². The van der Waals surface area contributed by atoms with Crippen LogP contribution in [0.15, 0.2) is 83.9 Å². The molecule has 0 bridgehead atoms. The Kier molecular flexibility index (Phi) is 5.74. The minimum absolute atomic E-state index is 0.171. The first kappa shape index (κ1) is 18.1. The number of aliphatic imine (C=N–C) groups is 1. The molecule has 1 N–H and O–H groups in total. The molecule has 0 aliphatic carbocycles. The quantitative estimate of drug-likeness (QED) is 0.540. The van der Waals surface area contributed by atoms with Crippen LogP contribution in [-0.2, 0) is 4.74 Å². The van der Waals surface area contributed by atoms with Gasteiger partial charge >= 0.3 is 5.97 Å². The van der Waals surface area contributed by atoms with Crippen LogP contribution < -0.4 is 5.32 Å². The zero-order valence-electron chi connectivity index (χ0n) is 14.8. The van der Waals surface area contributed by atoms with Crippen molar-refractivity contribution in [3.63, 3.8) is 0 Å². The number of esters is 1. The van der Waals surface area contributed by atoms with Gasteiger partial charge in [0.05, 0.1) is 18.4 Å². The SMILES string of the molecule is COC(=O)c1ccc(C=Nc2cccc(NC(=O)c3ccccc3)c2)cc1. The summed E-state index contributed by atoms with van der Waals surface area (Å²) in [5, 5.41) is 2.86. The van der Waals surface area contributed by atoms with E-state index >= 15 is 0 Å². The average Bonchev–Trinajstić information content (AvgIpc) is 2.73. The number of hydrogen-bond acceptors (Lipinski definition) is 4. The Balaban J connectivity index is 1.69. The summed E-state index contributed by atoms with van der Waals surface area (Å²) in [5.41, 5.74) is 3.30. The molecule has 0 radical (unpaired) electrons. The predicted molar refractivity (Wildman–Crippen MR) is 106 cm³/mol. The second-order valence-corrected chi connectivity index (χ2v) is 5.74. The fraction of sp³-hybridized carbons (Fsp3) is 0.0455. The predicted octanol–water partition coefficient (Wildman–Crippen LogP) is 4.48. The maximum Gasteiger partial charge on any atom is 0.337 e. The molecule has 0 spiro atoms. The van der Waals surface area contributed by atoms with Gasteiger partial charge in [0.1, 0.15) is 0 Å². The number of anilines is 1. The normalized spacial score (nSPS) is 10.6. The average molecular weight is 358 g/mol. The number of carbonyl (C=O) groups excluding carboxylic acids is 2. The lowest BCUT2D eigenvalue weighted by atomic mass is 10.1. The van der Waals surface area contributed by atoms with Crippen LogP contribution in [0, 0.1) is 0 Å². The van der Waals surface area contributed by atoms with Crippen molar-refractivity contribution in [3.8, 4) is 0 Å². The maximum atomic E-state index is 12.2. The smallest absolute Gasteiger partial charge is 0.337 e. The summed E-state index contributed by atoms with van der Waals surface area (Å²) in [4.78, 5) is 28.1. The number of nitrogens with zero attached hydrogens (tertiary/aromatic N) is 1. The number of rotatable bonds is 5. The third-order valence-electron chi connectivity index (χ3n) is 3.83. The zero-order valence-corrected chi connectivity index (χ0v) is 14.8. The van der Waals surface area contributed by atoms with Gasteiger partial charge in [-0.25, -0.2) is 4.79 Å². The standard InChI is InChI=1S/C22H18N2O3/c1-27-22(26)18-12-10-16(11-13-18)15-23-19-8-5-9-20(14-19)24-21(25)17-6-3-2-4-7-17/h2-15H,1H3,(H,24,25). The van der Waals surface area contributed by atoms with Crippen molar-refractivity contribution in [1.82, 2.24) is 0 Å². The summed E-state index contributed by atoms with van der Waals surface area (Å²) in [6, 6.07) is 23.2. The number of carbonyl (C=O) groups is 2. The van der Waals surface area contributed by atoms with Crippen LogP contribution in [0.4, 0.5) is 11.4 Å². The number of hydrogen-bond donors (Lipinski definition) is 1. The number of methoxy groups -OCH3 is 1. The molecular weight excluding hydrogens is 340 g/mol. The number of ether oxygens (including phenoxy) is 1. The van der Waals surface area contributed by atoms with E-state index in [0.717, 1.165) is 5.56 Å². The Hall–Kier alpha value is -3.73. The molecule has 5 nitrogen and oxygen atoms in total. The van der Waals surface area contributed by atoms with Crippen molar-refractivity contribution in [2.45, 2.75) is 0 Å². The largest absolute Gasteiger partial charge is 0.465 e. The van der Waals surface area contributed by atoms with Crippen LogP contribution in [0.25, 0.3) is 0 Å². The molecular formula is C22H18N2O3. The fourth-order valence-corrected chi connectivity index (χ4v) is 2.43. The highest BCUT2D eigenvalue weighted by Gasteiger charge is 2.05. The van der Waals surface area contributed by atoms with Crippen LogP contribution in [0.5, 0.6) is 0 Å². The van der Waals surface area contributed by atoms with E-state index in [9.17, 15) is 9.59 Å². The molecule has 1 amide bonds. The van der Waals surface area contributed by atoms with Gasteiger partial charge in [0.2, 0.25) is 0 Å². The zero-order chi connectivity index (χ0) is 19.1. The van der Waals surface area contributed by atoms with Gasteiger partial charge < -0.3 is 10.1 Å². The molecule has 134 valence electrons. The molecule has 0 atom stereocenters. The molecule has 3 aromatic carbocycles. The van der Waals surface area contributed by atoms with Gasteiger partial charge in [-0.15, -0.1) is 0 Å². The summed E-state index contributed by atoms with van der Waals surface area (Å²) < 4.78 is 4.68. The van der Waals surface area contributed by atoms with Crippen LogP contribution in [-0.4, -0.2) is 25.2 Å². The van der Waals surface area contributed by atoms with Crippen molar-refractivity contribution < 1.29 is 14.3 Å². The Morgan fingerprint density at radius 2 is 1.63 bits per heavy atom. The molecule has 0 aromatic heterocycles. The lowest BCUT2D eigenvalue weighted by molar-refractivity contribution is 0.0600. The Morgan fingerprint density at radius 1 is 0.889 bits per heavy atom. The molecule has 0 aliphatic heterocycles. The second kappa shape index (κ2) is 8.58. The highest BCUT2D eigenvalue weighted by molar-refractivity contribution is 6.04. The summed E-state index contributed by atoms with van der Waals surface area (Å²) >= 11 is 0. The highest BCUT2D eigenvalue weighted by Crippen LogP contribution is 2.19. The van der Waals surface area contributed by atoms with E-state index in [1.54, 1.807) is 48.7 Å². The number of nitrogens with one attached hydrogen (secondary N) is 1. The van der Waals surface area contributed by atoms with Crippen LogP contribution in [0.3, 0.4) is 0 Å². The summed E-state index contributed by atoms with van der Waals surface area (Å²) in [5.74, 6) is -0.546. The van der Waals surface area contributed by atoms with Gasteiger partial charge in [-0.1, -0.05) is 36.4 Å². The van der Waals surface area contributed by atoms with Gasteiger partial charge in [0.15, 0.2) is 0 Å². The first-order chi connectivity index (χ1) is 13.2. The summed E-state index contributed by atoms with van der Waals surface area (Å²) in [6.45, 7) is 0. The first-order valence-electron chi connectivity index (χ1n) is 8.34. The van der Waals surface area contributed by atoms with Gasteiger partial charge in [-0.2, -0.15) is 0 Å². The monoisotopic (exact) mass is 358 g/mol. The molecule has 0 aliphatic rings. The second-order valence-electron chi connectivity index (χ2n) is 5.74. The molecule has 0 saturated heterocycles. The van der Waals surface area contributed by atoms with E-state index in [1.807, 2.05) is 36.4 Å². The molecule has 27 heavy (non-hydrogen) atoms. The van der Waals surface area contributed by atoms with Crippen molar-refractivity contribution in [2.75, 3.05) is 12.4 Å². The van der Waals surface area contributed by atoms with E-state index in [-0.39, 0.29) is 11.9 Å². The third-order valence-corrected chi connectivity index (χ3v) is 3.83. The van der Waals surface area contributed by atoms with Crippen LogP contribution in [0.2, 0.25) is 0 Å². The first-order valence-corrected chi connectivity index (χ1v) is 8.34. The fourth-order valence-electron chi connectivity index (χ4n) is 2.43. The van der Waals surface area contributed by atoms with E-state index in [2.05, 4.69) is 15.0 Å². The van der Waals surface area contributed by atoms with Gasteiger partial charge in [0.25, 0.3) is 5.91 Å². The third kappa shape index (κ3) is 4.89. The topological polar surface area (TPSA) is 67.8 Å². The molecule has 3 aromatic rings. The Labute approximate surface area is 157 Å². The molecule has 0 fully saturated rings. The minimum Gasteiger partial charge on any atom is -0.465 e.